The molecule has 0 aliphatic carbocycles. The van der Waals surface area contributed by atoms with Crippen molar-refractivity contribution < 1.29 is 9.13 Å². The van der Waals surface area contributed by atoms with E-state index in [1.165, 1.54) is 37.5 Å². The minimum absolute atomic E-state index is 0.273. The molecule has 1 saturated heterocycles. The number of anilines is 1. The minimum Gasteiger partial charge on any atom is -0.389 e. The zero-order valence-corrected chi connectivity index (χ0v) is 26.6. The van der Waals surface area contributed by atoms with E-state index < -0.39 is 5.82 Å². The van der Waals surface area contributed by atoms with Crippen LogP contribution in [-0.2, 0) is 18.0 Å². The normalized spacial score (nSPS) is 20.2. The summed E-state index contributed by atoms with van der Waals surface area (Å²) in [7, 11) is 2.92. The van der Waals surface area contributed by atoms with Gasteiger partial charge in [0.25, 0.3) is 0 Å². The smallest absolute Gasteiger partial charge is 0.159 e. The van der Waals surface area contributed by atoms with Crippen LogP contribution in [-0.4, -0.2) is 28.3 Å². The van der Waals surface area contributed by atoms with Gasteiger partial charge in [-0.05, 0) is 60.7 Å². The van der Waals surface area contributed by atoms with Crippen molar-refractivity contribution in [3.63, 3.8) is 0 Å². The van der Waals surface area contributed by atoms with Crippen molar-refractivity contribution >= 4 is 58.6 Å². The number of likely N-dealkylation sites (tertiary alicyclic amines) is 1. The lowest BCUT2D eigenvalue weighted by Crippen LogP contribution is -2.41. The quantitative estimate of drug-likeness (QED) is 0.225. The van der Waals surface area contributed by atoms with E-state index in [1.54, 1.807) is 0 Å². The molecule has 0 saturated carbocycles. The van der Waals surface area contributed by atoms with Crippen LogP contribution in [0.1, 0.15) is 83.4 Å². The Morgan fingerprint density at radius 1 is 1.34 bits per heavy atom. The summed E-state index contributed by atoms with van der Waals surface area (Å²) in [4.78, 5) is 12.1. The van der Waals surface area contributed by atoms with E-state index in [-0.39, 0.29) is 5.56 Å². The topological polar surface area (TPSA) is 87.5 Å². The predicted molar refractivity (Wildman–Crippen MR) is 172 cm³/mol. The van der Waals surface area contributed by atoms with Crippen molar-refractivity contribution in [3.05, 3.63) is 39.1 Å². The van der Waals surface area contributed by atoms with Crippen molar-refractivity contribution in [2.45, 2.75) is 86.0 Å². The lowest BCUT2D eigenvalue weighted by molar-refractivity contribution is 0.134. The van der Waals surface area contributed by atoms with Crippen LogP contribution in [0.15, 0.2) is 11.2 Å². The molecular formula is C32H39FN5OPS. The van der Waals surface area contributed by atoms with Gasteiger partial charge in [0.05, 0.1) is 35.4 Å². The molecule has 4 heterocycles. The summed E-state index contributed by atoms with van der Waals surface area (Å²) in [6.45, 7) is 12.9. The molecule has 9 heteroatoms. The van der Waals surface area contributed by atoms with Gasteiger partial charge in [0.2, 0.25) is 0 Å². The second kappa shape index (κ2) is 12.2. The lowest BCUT2D eigenvalue weighted by Gasteiger charge is -2.26. The highest BCUT2D eigenvalue weighted by molar-refractivity contribution is 7.28. The van der Waals surface area contributed by atoms with E-state index in [9.17, 15) is 9.65 Å². The number of ether oxygens (including phenoxy) is 1. The molecule has 3 atom stereocenters. The maximum Gasteiger partial charge on any atom is 0.159 e. The first-order valence-electron chi connectivity index (χ1n) is 14.5. The molecule has 1 aromatic carbocycles. The number of thiophene rings is 1. The number of hydrogen-bond acceptors (Lipinski definition) is 6. The molecule has 216 valence electrons. The standard InChI is InChI=1S/C32H39FN5OPS/c1-6-8-9-20-10-17(3)14-38(20)19(5)36-12-22-23-15-39-16-24(23)27(30(40)26(22)18(4)7-2)29-28-21(11-34)32(35)41-31(28)25(33)13-37-29/h12-13,17,20H,6-10,14-16,35,40H2,1-5H3/b22-12-,26-18-,36-19?. The van der Waals surface area contributed by atoms with Crippen LogP contribution >= 0.6 is 20.6 Å². The summed E-state index contributed by atoms with van der Waals surface area (Å²) in [6, 6.07) is 2.73. The predicted octanol–water partition coefficient (Wildman–Crippen LogP) is 5.72. The molecule has 2 aliphatic heterocycles. The van der Waals surface area contributed by atoms with Gasteiger partial charge in [-0.3, -0.25) is 4.98 Å². The molecule has 2 aromatic heterocycles. The Hall–Kier alpha value is -2.85. The number of halogens is 1. The molecule has 5 rings (SSSR count). The van der Waals surface area contributed by atoms with Crippen LogP contribution in [0.3, 0.4) is 0 Å². The zero-order chi connectivity index (χ0) is 29.4. The lowest BCUT2D eigenvalue weighted by atomic mass is 9.93. The number of aliphatic imine (C=N–C) groups is 1. The molecule has 41 heavy (non-hydrogen) atoms. The van der Waals surface area contributed by atoms with Crippen LogP contribution in [0.4, 0.5) is 9.39 Å². The third kappa shape index (κ3) is 5.29. The van der Waals surface area contributed by atoms with Gasteiger partial charge < -0.3 is 15.4 Å². The summed E-state index contributed by atoms with van der Waals surface area (Å²) in [5.41, 5.74) is 11.2. The van der Waals surface area contributed by atoms with E-state index in [2.05, 4.69) is 59.8 Å². The second-order valence-electron chi connectivity index (χ2n) is 11.4. The SMILES string of the molecule is CCCCC1CC(C)CN1C(C)=N/C=c1/c2c(c(-c3ncc(F)c4sc(N)c(C#N)c34)c(P)/c1=C(/C)CC)COC2. The van der Waals surface area contributed by atoms with E-state index in [1.807, 2.05) is 6.20 Å². The summed E-state index contributed by atoms with van der Waals surface area (Å²) in [6.07, 6.45) is 8.96. The Kier molecular flexibility index (Phi) is 8.80. The van der Waals surface area contributed by atoms with Crippen LogP contribution in [0.2, 0.25) is 0 Å². The van der Waals surface area contributed by atoms with Gasteiger partial charge in [-0.25, -0.2) is 9.38 Å². The number of pyridine rings is 1. The number of nitrogen functional groups attached to an aromatic ring is 1. The maximum absolute atomic E-state index is 14.9. The summed E-state index contributed by atoms with van der Waals surface area (Å²) >= 11 is 1.09. The largest absolute Gasteiger partial charge is 0.389 e. The zero-order valence-electron chi connectivity index (χ0n) is 24.6. The number of benzene rings is 1. The molecule has 0 spiro atoms. The van der Waals surface area contributed by atoms with Gasteiger partial charge in [-0.2, -0.15) is 5.26 Å². The van der Waals surface area contributed by atoms with E-state index in [4.69, 9.17) is 15.5 Å². The highest BCUT2D eigenvalue weighted by atomic mass is 32.1. The van der Waals surface area contributed by atoms with E-state index in [0.29, 0.717) is 46.0 Å². The minimum atomic E-state index is -0.472. The van der Waals surface area contributed by atoms with E-state index in [0.717, 1.165) is 62.6 Å². The number of fused-ring (bicyclic) bond motifs is 2. The van der Waals surface area contributed by atoms with Gasteiger partial charge in [0, 0.05) is 35.0 Å². The Balaban J connectivity index is 1.76. The number of aromatic nitrogens is 1. The van der Waals surface area contributed by atoms with Crippen molar-refractivity contribution in [1.29, 1.82) is 5.26 Å². The van der Waals surface area contributed by atoms with Gasteiger partial charge in [0.1, 0.15) is 16.9 Å². The second-order valence-corrected chi connectivity index (χ2v) is 13.0. The number of hydrogen-bond donors (Lipinski definition) is 1. The number of rotatable bonds is 6. The Bertz CT molecular complexity index is 1710. The molecule has 3 unspecified atom stereocenters. The molecule has 6 nitrogen and oxygen atoms in total. The molecule has 0 amide bonds. The number of nitriles is 1. The summed E-state index contributed by atoms with van der Waals surface area (Å²) in [5, 5.41) is 13.8. The Morgan fingerprint density at radius 3 is 2.80 bits per heavy atom. The molecule has 0 radical (unpaired) electrons. The van der Waals surface area contributed by atoms with Gasteiger partial charge in [-0.1, -0.05) is 39.2 Å². The first kappa shape index (κ1) is 29.6. The third-order valence-corrected chi connectivity index (χ3v) is 10.2. The average Bonchev–Trinajstić information content (AvgIpc) is 3.67. The average molecular weight is 592 g/mol. The fourth-order valence-corrected chi connectivity index (χ4v) is 8.04. The number of nitrogens with zero attached hydrogens (tertiary/aromatic N) is 4. The molecule has 0 bridgehead atoms. The van der Waals surface area contributed by atoms with Crippen molar-refractivity contribution in [2.24, 2.45) is 10.9 Å². The molecular weight excluding hydrogens is 552 g/mol. The van der Waals surface area contributed by atoms with Crippen molar-refractivity contribution in [1.82, 2.24) is 9.88 Å². The number of amidine groups is 1. The number of nitrogens with two attached hydrogens (primary N) is 1. The first-order chi connectivity index (χ1) is 19.7. The van der Waals surface area contributed by atoms with E-state index >= 15 is 0 Å². The molecule has 1 fully saturated rings. The molecule has 3 aromatic rings. The van der Waals surface area contributed by atoms with Crippen LogP contribution in [0, 0.1) is 23.1 Å². The molecule has 2 aliphatic rings. The highest BCUT2D eigenvalue weighted by Gasteiger charge is 2.30. The molecule has 2 N–H and O–H groups in total. The summed E-state index contributed by atoms with van der Waals surface area (Å²) < 4.78 is 21.3. The van der Waals surface area contributed by atoms with Gasteiger partial charge in [-0.15, -0.1) is 20.6 Å². The Morgan fingerprint density at radius 2 is 2.10 bits per heavy atom. The van der Waals surface area contributed by atoms with Crippen molar-refractivity contribution in [2.75, 3.05) is 12.3 Å². The Labute approximate surface area is 248 Å². The summed E-state index contributed by atoms with van der Waals surface area (Å²) in [5.74, 6) is 1.24. The van der Waals surface area contributed by atoms with Crippen molar-refractivity contribution in [3.8, 4) is 17.3 Å². The van der Waals surface area contributed by atoms with Gasteiger partial charge in [0.15, 0.2) is 5.82 Å². The van der Waals surface area contributed by atoms with Crippen LogP contribution < -0.4 is 21.5 Å². The van der Waals surface area contributed by atoms with Crippen LogP contribution in [0.25, 0.3) is 33.1 Å². The number of unbranched alkanes of at least 4 members (excludes halogenated alkanes) is 1. The fraction of sp³-hybridized carbons (Fsp3) is 0.469. The monoisotopic (exact) mass is 591 g/mol. The van der Waals surface area contributed by atoms with Crippen LogP contribution in [0.5, 0.6) is 0 Å². The van der Waals surface area contributed by atoms with Gasteiger partial charge >= 0.3 is 0 Å². The maximum atomic E-state index is 14.9. The first-order valence-corrected chi connectivity index (χ1v) is 15.9. The third-order valence-electron chi connectivity index (χ3n) is 8.60. The fourth-order valence-electron chi connectivity index (χ4n) is 6.41. The highest BCUT2D eigenvalue weighted by Crippen LogP contribution is 2.41.